The third-order valence-electron chi connectivity index (χ3n) is 1.61. The first kappa shape index (κ1) is 12.1. The SMILES string of the molecule is O=C(c1ccccc1)C(F)(F)S(=O)(=O)Cl. The Hall–Kier alpha value is -1.01. The van der Waals surface area contributed by atoms with Gasteiger partial charge in [0.25, 0.3) is 0 Å². The number of carbonyl (C=O) groups is 1. The van der Waals surface area contributed by atoms with E-state index in [1.165, 1.54) is 18.2 Å². The van der Waals surface area contributed by atoms with Crippen molar-refractivity contribution in [3.63, 3.8) is 0 Å². The molecule has 3 nitrogen and oxygen atoms in total. The van der Waals surface area contributed by atoms with E-state index in [-0.39, 0.29) is 0 Å². The quantitative estimate of drug-likeness (QED) is 0.613. The summed E-state index contributed by atoms with van der Waals surface area (Å²) < 4.78 is 46.8. The van der Waals surface area contributed by atoms with E-state index in [9.17, 15) is 22.0 Å². The average Bonchev–Trinajstić information content (AvgIpc) is 2.16. The predicted octanol–water partition coefficient (Wildman–Crippen LogP) is 2.03. The largest absolute Gasteiger partial charge is 0.420 e. The predicted molar refractivity (Wildman–Crippen MR) is 50.5 cm³/mol. The zero-order valence-electron chi connectivity index (χ0n) is 7.15. The summed E-state index contributed by atoms with van der Waals surface area (Å²) >= 11 is 0. The second kappa shape index (κ2) is 3.86. The highest BCUT2D eigenvalue weighted by Crippen LogP contribution is 2.29. The minimum absolute atomic E-state index is 0.410. The van der Waals surface area contributed by atoms with Crippen LogP contribution in [0.5, 0.6) is 0 Å². The van der Waals surface area contributed by atoms with E-state index in [0.29, 0.717) is 0 Å². The Labute approximate surface area is 89.1 Å². The van der Waals surface area contributed by atoms with Crippen molar-refractivity contribution in [3.8, 4) is 0 Å². The Kier molecular flexibility index (Phi) is 3.11. The lowest BCUT2D eigenvalue weighted by Gasteiger charge is -2.10. The van der Waals surface area contributed by atoms with Crippen LogP contribution in [0.2, 0.25) is 0 Å². The molecular formula is C8H5ClF2O3S. The van der Waals surface area contributed by atoms with E-state index in [0.717, 1.165) is 12.1 Å². The van der Waals surface area contributed by atoms with Gasteiger partial charge < -0.3 is 0 Å². The Bertz CT molecular complexity index is 470. The summed E-state index contributed by atoms with van der Waals surface area (Å²) in [6, 6.07) is 6.34. The van der Waals surface area contributed by atoms with E-state index in [2.05, 4.69) is 10.7 Å². The van der Waals surface area contributed by atoms with Crippen LogP contribution in [0.25, 0.3) is 0 Å². The second-order valence-electron chi connectivity index (χ2n) is 2.65. The molecule has 0 atom stereocenters. The van der Waals surface area contributed by atoms with Crippen LogP contribution in [-0.2, 0) is 9.05 Å². The lowest BCUT2D eigenvalue weighted by Crippen LogP contribution is -2.34. The molecule has 0 unspecified atom stereocenters. The molecule has 0 aromatic heterocycles. The Balaban J connectivity index is 3.17. The van der Waals surface area contributed by atoms with Gasteiger partial charge in [0.15, 0.2) is 0 Å². The third kappa shape index (κ3) is 2.32. The second-order valence-corrected chi connectivity index (χ2v) is 5.26. The summed E-state index contributed by atoms with van der Waals surface area (Å²) in [7, 11) is -0.789. The van der Waals surface area contributed by atoms with Gasteiger partial charge >= 0.3 is 14.3 Å². The molecule has 0 spiro atoms. The molecule has 0 saturated heterocycles. The van der Waals surface area contributed by atoms with Crippen molar-refractivity contribution in [2.45, 2.75) is 5.25 Å². The normalized spacial score (nSPS) is 12.5. The van der Waals surface area contributed by atoms with Gasteiger partial charge in [-0.1, -0.05) is 30.3 Å². The fourth-order valence-corrected chi connectivity index (χ4v) is 1.42. The van der Waals surface area contributed by atoms with Crippen molar-refractivity contribution in [1.82, 2.24) is 0 Å². The van der Waals surface area contributed by atoms with Crippen LogP contribution in [-0.4, -0.2) is 19.5 Å². The Morgan fingerprint density at radius 2 is 1.67 bits per heavy atom. The van der Waals surface area contributed by atoms with Crippen LogP contribution >= 0.6 is 10.7 Å². The molecule has 0 aliphatic carbocycles. The Morgan fingerprint density at radius 3 is 2.07 bits per heavy atom. The molecular weight excluding hydrogens is 250 g/mol. The van der Waals surface area contributed by atoms with Crippen molar-refractivity contribution in [3.05, 3.63) is 35.9 Å². The molecule has 15 heavy (non-hydrogen) atoms. The van der Waals surface area contributed by atoms with E-state index in [1.54, 1.807) is 0 Å². The topological polar surface area (TPSA) is 51.2 Å². The highest BCUT2D eigenvalue weighted by atomic mass is 35.7. The van der Waals surface area contributed by atoms with Gasteiger partial charge in [-0.15, -0.1) is 0 Å². The van der Waals surface area contributed by atoms with Gasteiger partial charge in [-0.25, -0.2) is 8.42 Å². The minimum Gasteiger partial charge on any atom is -0.286 e. The highest BCUT2D eigenvalue weighted by Gasteiger charge is 2.51. The van der Waals surface area contributed by atoms with Crippen LogP contribution in [0, 0.1) is 0 Å². The fourth-order valence-electron chi connectivity index (χ4n) is 0.868. The Morgan fingerprint density at radius 1 is 1.20 bits per heavy atom. The van der Waals surface area contributed by atoms with E-state index in [4.69, 9.17) is 0 Å². The van der Waals surface area contributed by atoms with Crippen molar-refractivity contribution in [2.24, 2.45) is 0 Å². The smallest absolute Gasteiger partial charge is 0.286 e. The average molecular weight is 255 g/mol. The van der Waals surface area contributed by atoms with Crippen LogP contribution in [0.3, 0.4) is 0 Å². The highest BCUT2D eigenvalue weighted by molar-refractivity contribution is 8.15. The number of benzene rings is 1. The van der Waals surface area contributed by atoms with Gasteiger partial charge in [-0.05, 0) is 0 Å². The van der Waals surface area contributed by atoms with Crippen molar-refractivity contribution in [1.29, 1.82) is 0 Å². The summed E-state index contributed by atoms with van der Waals surface area (Å²) in [6.07, 6.45) is 0. The molecule has 1 aromatic rings. The molecule has 1 aromatic carbocycles. The zero-order valence-corrected chi connectivity index (χ0v) is 8.73. The summed E-state index contributed by atoms with van der Waals surface area (Å²) in [5.41, 5.74) is -0.410. The van der Waals surface area contributed by atoms with E-state index >= 15 is 0 Å². The first-order valence-electron chi connectivity index (χ1n) is 3.68. The molecule has 0 amide bonds. The van der Waals surface area contributed by atoms with Crippen LogP contribution in [0.15, 0.2) is 30.3 Å². The zero-order chi connectivity index (χ0) is 11.7. The van der Waals surface area contributed by atoms with Crippen LogP contribution in [0.4, 0.5) is 8.78 Å². The van der Waals surface area contributed by atoms with Gasteiger partial charge in [0.05, 0.1) is 0 Å². The van der Waals surface area contributed by atoms with Gasteiger partial charge in [-0.2, -0.15) is 8.78 Å². The number of alkyl halides is 2. The lowest BCUT2D eigenvalue weighted by molar-refractivity contribution is 0.0536. The molecule has 0 saturated carbocycles. The molecule has 7 heteroatoms. The molecule has 0 N–H and O–H groups in total. The first-order chi connectivity index (χ1) is 6.77. The molecule has 0 fully saturated rings. The van der Waals surface area contributed by atoms with E-state index < -0.39 is 25.7 Å². The summed E-state index contributed by atoms with van der Waals surface area (Å²) in [5.74, 6) is -1.84. The fraction of sp³-hybridized carbons (Fsp3) is 0.125. The molecule has 0 heterocycles. The van der Waals surface area contributed by atoms with Crippen molar-refractivity contribution >= 4 is 25.5 Å². The maximum absolute atomic E-state index is 12.9. The summed E-state index contributed by atoms with van der Waals surface area (Å²) in [5, 5.41) is -4.60. The number of halogens is 3. The van der Waals surface area contributed by atoms with Crippen molar-refractivity contribution in [2.75, 3.05) is 0 Å². The number of carbonyl (C=O) groups excluding carboxylic acids is 1. The number of ketones is 1. The molecule has 82 valence electrons. The number of rotatable bonds is 3. The first-order valence-corrected chi connectivity index (χ1v) is 5.99. The number of Topliss-reactive ketones (excluding diaryl/α,β-unsaturated/α-hetero) is 1. The monoisotopic (exact) mass is 254 g/mol. The minimum atomic E-state index is -5.26. The maximum Gasteiger partial charge on any atom is 0.420 e. The number of hydrogen-bond donors (Lipinski definition) is 0. The van der Waals surface area contributed by atoms with Crippen LogP contribution in [0.1, 0.15) is 10.4 Å². The summed E-state index contributed by atoms with van der Waals surface area (Å²) in [6.45, 7) is 0. The lowest BCUT2D eigenvalue weighted by atomic mass is 10.1. The summed E-state index contributed by atoms with van der Waals surface area (Å²) in [4.78, 5) is 11.1. The maximum atomic E-state index is 12.9. The molecule has 0 bridgehead atoms. The molecule has 0 aliphatic rings. The standard InChI is InChI=1S/C8H5ClF2O3S/c9-15(13,14)8(10,11)7(12)6-4-2-1-3-5-6/h1-5H. The molecule has 0 radical (unpaired) electrons. The number of hydrogen-bond acceptors (Lipinski definition) is 3. The van der Waals surface area contributed by atoms with E-state index in [1.807, 2.05) is 0 Å². The third-order valence-corrected chi connectivity index (χ3v) is 2.99. The van der Waals surface area contributed by atoms with Gasteiger partial charge in [0.1, 0.15) is 0 Å². The van der Waals surface area contributed by atoms with Gasteiger partial charge in [-0.3, -0.25) is 4.79 Å². The van der Waals surface area contributed by atoms with Crippen molar-refractivity contribution < 1.29 is 22.0 Å². The molecule has 1 rings (SSSR count). The van der Waals surface area contributed by atoms with Gasteiger partial charge in [0, 0.05) is 16.2 Å². The van der Waals surface area contributed by atoms with Crippen LogP contribution < -0.4 is 0 Å². The molecule has 0 aliphatic heterocycles. The van der Waals surface area contributed by atoms with Gasteiger partial charge in [0.2, 0.25) is 5.78 Å².